The van der Waals surface area contributed by atoms with E-state index in [4.69, 9.17) is 0 Å². The van der Waals surface area contributed by atoms with Crippen LogP contribution in [0.4, 0.5) is 5.95 Å². The maximum Gasteiger partial charge on any atom is 0.243 e. The van der Waals surface area contributed by atoms with E-state index in [1.165, 1.54) is 5.56 Å². The minimum Gasteiger partial charge on any atom is -0.349 e. The van der Waals surface area contributed by atoms with Crippen molar-refractivity contribution in [1.82, 2.24) is 25.0 Å². The van der Waals surface area contributed by atoms with Crippen LogP contribution in [0.25, 0.3) is 0 Å². The molecule has 0 aliphatic carbocycles. The Balaban J connectivity index is 2.10. The fraction of sp³-hybridized carbons (Fsp3) is 0.571. The van der Waals surface area contributed by atoms with Crippen molar-refractivity contribution in [3.8, 4) is 0 Å². The number of nitrogens with zero attached hydrogens (tertiary/aromatic N) is 5. The van der Waals surface area contributed by atoms with E-state index in [-0.39, 0.29) is 0 Å². The second-order valence-corrected chi connectivity index (χ2v) is 4.72. The van der Waals surface area contributed by atoms with Gasteiger partial charge in [0.05, 0.1) is 17.1 Å². The number of anilines is 1. The van der Waals surface area contributed by atoms with E-state index in [1.807, 2.05) is 17.9 Å². The third-order valence-corrected chi connectivity index (χ3v) is 3.27. The van der Waals surface area contributed by atoms with Crippen LogP contribution in [0.3, 0.4) is 0 Å². The number of hydrogen-bond acceptors (Lipinski definition) is 5. The van der Waals surface area contributed by atoms with Crippen molar-refractivity contribution in [1.29, 1.82) is 0 Å². The lowest BCUT2D eigenvalue weighted by atomic mass is 10.2. The molecule has 1 N–H and O–H groups in total. The van der Waals surface area contributed by atoms with Crippen LogP contribution in [0, 0.1) is 0 Å². The highest BCUT2D eigenvalue weighted by atomic mass is 15.3. The summed E-state index contributed by atoms with van der Waals surface area (Å²) in [4.78, 5) is 4.53. The van der Waals surface area contributed by atoms with Gasteiger partial charge in [-0.05, 0) is 19.3 Å². The predicted octanol–water partition coefficient (Wildman–Crippen LogP) is 1.90. The zero-order valence-electron chi connectivity index (χ0n) is 12.6. The van der Waals surface area contributed by atoms with E-state index >= 15 is 0 Å². The minimum absolute atomic E-state index is 0.588. The monoisotopic (exact) mass is 274 g/mol. The molecular weight excluding hydrogens is 252 g/mol. The van der Waals surface area contributed by atoms with Crippen LogP contribution in [0.5, 0.6) is 0 Å². The second kappa shape index (κ2) is 6.45. The van der Waals surface area contributed by atoms with Crippen LogP contribution < -0.4 is 5.32 Å². The summed E-state index contributed by atoms with van der Waals surface area (Å²) in [5, 5.41) is 16.0. The van der Waals surface area contributed by atoms with Crippen LogP contribution in [0.15, 0.2) is 6.20 Å². The average Bonchev–Trinajstić information content (AvgIpc) is 2.84. The Hall–Kier alpha value is -1.98. The highest BCUT2D eigenvalue weighted by molar-refractivity contribution is 5.29. The number of aromatic nitrogens is 5. The molecule has 2 heterocycles. The van der Waals surface area contributed by atoms with E-state index in [0.29, 0.717) is 12.5 Å². The Labute approximate surface area is 119 Å². The van der Waals surface area contributed by atoms with Gasteiger partial charge in [-0.1, -0.05) is 20.8 Å². The maximum absolute atomic E-state index is 4.53. The zero-order chi connectivity index (χ0) is 14.5. The summed E-state index contributed by atoms with van der Waals surface area (Å²) in [6.45, 7) is 6.94. The van der Waals surface area contributed by atoms with Crippen molar-refractivity contribution in [3.63, 3.8) is 0 Å². The van der Waals surface area contributed by atoms with Gasteiger partial charge >= 0.3 is 0 Å². The standard InChI is InChI=1S/C14H22N6/c1-5-11-10(9-20(4)19-11)8-15-14-16-12(6-2)13(7-3)17-18-14/h9H,5-8H2,1-4H3,(H,15,16,18). The highest BCUT2D eigenvalue weighted by Crippen LogP contribution is 2.11. The molecule has 0 saturated heterocycles. The number of hydrogen-bond donors (Lipinski definition) is 1. The molecule has 6 heteroatoms. The molecule has 0 aliphatic rings. The lowest BCUT2D eigenvalue weighted by molar-refractivity contribution is 0.746. The zero-order valence-corrected chi connectivity index (χ0v) is 12.6. The molecule has 0 saturated carbocycles. The quantitative estimate of drug-likeness (QED) is 0.871. The smallest absolute Gasteiger partial charge is 0.243 e. The molecule has 108 valence electrons. The van der Waals surface area contributed by atoms with Crippen molar-refractivity contribution in [2.24, 2.45) is 7.05 Å². The second-order valence-electron chi connectivity index (χ2n) is 4.72. The summed E-state index contributed by atoms with van der Waals surface area (Å²) in [6.07, 6.45) is 4.69. The van der Waals surface area contributed by atoms with Gasteiger partial charge in [0.15, 0.2) is 0 Å². The van der Waals surface area contributed by atoms with Crippen LogP contribution in [0.2, 0.25) is 0 Å². The van der Waals surface area contributed by atoms with Gasteiger partial charge in [-0.15, -0.1) is 5.10 Å². The molecule has 0 aliphatic heterocycles. The van der Waals surface area contributed by atoms with Gasteiger partial charge in [0.25, 0.3) is 0 Å². The Morgan fingerprint density at radius 2 is 1.70 bits per heavy atom. The van der Waals surface area contributed by atoms with E-state index in [2.05, 4.69) is 46.4 Å². The summed E-state index contributed by atoms with van der Waals surface area (Å²) < 4.78 is 1.84. The normalized spacial score (nSPS) is 10.8. The van der Waals surface area contributed by atoms with Gasteiger partial charge in [-0.3, -0.25) is 4.68 Å². The molecule has 2 aromatic heterocycles. The summed E-state index contributed by atoms with van der Waals surface area (Å²) in [5.74, 6) is 0.588. The Bertz CT molecular complexity index is 575. The van der Waals surface area contributed by atoms with Gasteiger partial charge in [0.2, 0.25) is 5.95 Å². The van der Waals surface area contributed by atoms with E-state index in [9.17, 15) is 0 Å². The molecule has 0 aromatic carbocycles. The first kappa shape index (κ1) is 14.4. The molecule has 0 atom stereocenters. The molecule has 0 amide bonds. The van der Waals surface area contributed by atoms with Gasteiger partial charge in [-0.25, -0.2) is 4.98 Å². The lowest BCUT2D eigenvalue weighted by Gasteiger charge is -2.07. The van der Waals surface area contributed by atoms with Crippen LogP contribution in [-0.4, -0.2) is 25.0 Å². The van der Waals surface area contributed by atoms with Crippen molar-refractivity contribution in [2.45, 2.75) is 46.6 Å². The first-order valence-electron chi connectivity index (χ1n) is 7.15. The average molecular weight is 274 g/mol. The molecule has 0 bridgehead atoms. The number of nitrogens with one attached hydrogen (secondary N) is 1. The highest BCUT2D eigenvalue weighted by Gasteiger charge is 2.08. The summed E-state index contributed by atoms with van der Waals surface area (Å²) in [7, 11) is 1.94. The van der Waals surface area contributed by atoms with Crippen molar-refractivity contribution in [2.75, 3.05) is 5.32 Å². The number of aryl methyl sites for hydroxylation is 4. The minimum atomic E-state index is 0.588. The Morgan fingerprint density at radius 1 is 1.00 bits per heavy atom. The third kappa shape index (κ3) is 3.12. The van der Waals surface area contributed by atoms with Gasteiger partial charge in [0, 0.05) is 25.4 Å². The van der Waals surface area contributed by atoms with Gasteiger partial charge in [0.1, 0.15) is 0 Å². The molecule has 0 unspecified atom stereocenters. The van der Waals surface area contributed by atoms with Crippen LogP contribution in [0.1, 0.15) is 43.4 Å². The lowest BCUT2D eigenvalue weighted by Crippen LogP contribution is -2.10. The first-order valence-corrected chi connectivity index (χ1v) is 7.15. The van der Waals surface area contributed by atoms with E-state index in [1.54, 1.807) is 0 Å². The number of rotatable bonds is 6. The van der Waals surface area contributed by atoms with E-state index < -0.39 is 0 Å². The summed E-state index contributed by atoms with van der Waals surface area (Å²) >= 11 is 0. The van der Waals surface area contributed by atoms with Gasteiger partial charge < -0.3 is 5.32 Å². The predicted molar refractivity (Wildman–Crippen MR) is 78.5 cm³/mol. The third-order valence-electron chi connectivity index (χ3n) is 3.27. The van der Waals surface area contributed by atoms with Crippen molar-refractivity contribution < 1.29 is 0 Å². The molecule has 2 aromatic rings. The molecule has 0 radical (unpaired) electrons. The van der Waals surface area contributed by atoms with Gasteiger partial charge in [-0.2, -0.15) is 10.2 Å². The van der Waals surface area contributed by atoms with Crippen molar-refractivity contribution >= 4 is 5.95 Å². The maximum atomic E-state index is 4.53. The van der Waals surface area contributed by atoms with Crippen LogP contribution in [-0.2, 0) is 32.9 Å². The molecule has 20 heavy (non-hydrogen) atoms. The fourth-order valence-electron chi connectivity index (χ4n) is 2.22. The van der Waals surface area contributed by atoms with Crippen LogP contribution >= 0.6 is 0 Å². The SMILES string of the molecule is CCc1nn(C)cc1CNc1nnc(CC)c(CC)n1. The largest absolute Gasteiger partial charge is 0.349 e. The van der Waals surface area contributed by atoms with Crippen molar-refractivity contribution in [3.05, 3.63) is 28.8 Å². The summed E-state index contributed by atoms with van der Waals surface area (Å²) in [6, 6.07) is 0. The van der Waals surface area contributed by atoms with E-state index in [0.717, 1.165) is 36.3 Å². The molecule has 0 spiro atoms. The molecule has 6 nitrogen and oxygen atoms in total. The molecular formula is C14H22N6. The molecule has 0 fully saturated rings. The Morgan fingerprint density at radius 3 is 2.35 bits per heavy atom. The first-order chi connectivity index (χ1) is 9.67. The topological polar surface area (TPSA) is 68.5 Å². The fourth-order valence-corrected chi connectivity index (χ4v) is 2.22. The molecule has 2 rings (SSSR count). The Kier molecular flexibility index (Phi) is 4.65. The summed E-state index contributed by atoms with van der Waals surface area (Å²) in [5.41, 5.74) is 4.28.